The van der Waals surface area contributed by atoms with Gasteiger partial charge in [0.1, 0.15) is 6.10 Å². The van der Waals surface area contributed by atoms with E-state index in [1.165, 1.54) is 0 Å². The number of ether oxygens (including phenoxy) is 2. The van der Waals surface area contributed by atoms with Crippen LogP contribution in [0.5, 0.6) is 5.88 Å². The molecular weight excluding hydrogens is 290 g/mol. The molecule has 1 saturated heterocycles. The number of benzene rings is 1. The fourth-order valence-corrected chi connectivity index (χ4v) is 2.72. The van der Waals surface area contributed by atoms with E-state index in [0.717, 1.165) is 49.7 Å². The first-order valence-electron chi connectivity index (χ1n) is 8.09. The molecule has 0 amide bonds. The first-order chi connectivity index (χ1) is 11.2. The van der Waals surface area contributed by atoms with E-state index in [1.54, 1.807) is 0 Å². The van der Waals surface area contributed by atoms with Crippen molar-refractivity contribution < 1.29 is 9.47 Å². The van der Waals surface area contributed by atoms with Crippen molar-refractivity contribution in [3.05, 3.63) is 42.0 Å². The van der Waals surface area contributed by atoms with Crippen LogP contribution in [0.15, 0.2) is 36.4 Å². The maximum atomic E-state index is 5.98. The molecule has 2 heterocycles. The van der Waals surface area contributed by atoms with E-state index >= 15 is 0 Å². The molecule has 1 unspecified atom stereocenters. The predicted molar refractivity (Wildman–Crippen MR) is 89.6 cm³/mol. The summed E-state index contributed by atoms with van der Waals surface area (Å²) < 4.78 is 11.4. The van der Waals surface area contributed by atoms with E-state index in [-0.39, 0.29) is 6.10 Å². The minimum Gasteiger partial charge on any atom is -0.472 e. The Morgan fingerprint density at radius 3 is 2.61 bits per heavy atom. The first kappa shape index (κ1) is 15.9. The molecule has 0 bridgehead atoms. The van der Waals surface area contributed by atoms with Crippen molar-refractivity contribution >= 4 is 0 Å². The van der Waals surface area contributed by atoms with Gasteiger partial charge < -0.3 is 9.47 Å². The zero-order chi connectivity index (χ0) is 16.1. The summed E-state index contributed by atoms with van der Waals surface area (Å²) in [5.41, 5.74) is 2.94. The first-order valence-corrected chi connectivity index (χ1v) is 8.09. The molecule has 1 aliphatic heterocycles. The van der Waals surface area contributed by atoms with Gasteiger partial charge in [-0.1, -0.05) is 30.3 Å². The van der Waals surface area contributed by atoms with Crippen molar-refractivity contribution in [2.24, 2.45) is 0 Å². The second-order valence-electron chi connectivity index (χ2n) is 5.93. The molecule has 5 heteroatoms. The Morgan fingerprint density at radius 1 is 1.17 bits per heavy atom. The van der Waals surface area contributed by atoms with Gasteiger partial charge in [-0.15, -0.1) is 10.2 Å². The summed E-state index contributed by atoms with van der Waals surface area (Å²) >= 11 is 0. The Bertz CT molecular complexity index is 627. The molecule has 1 aliphatic rings. The van der Waals surface area contributed by atoms with Crippen LogP contribution in [-0.2, 0) is 4.74 Å². The van der Waals surface area contributed by atoms with Crippen LogP contribution in [0.3, 0.4) is 0 Å². The lowest BCUT2D eigenvalue weighted by Crippen LogP contribution is -2.41. The normalized spacial score (nSPS) is 17.0. The number of aromatic nitrogens is 2. The van der Waals surface area contributed by atoms with E-state index in [9.17, 15) is 0 Å². The van der Waals surface area contributed by atoms with Crippen molar-refractivity contribution in [1.82, 2.24) is 15.1 Å². The van der Waals surface area contributed by atoms with E-state index in [2.05, 4.69) is 22.0 Å². The van der Waals surface area contributed by atoms with Crippen LogP contribution in [0.2, 0.25) is 0 Å². The molecule has 0 aliphatic carbocycles. The Kier molecular flexibility index (Phi) is 5.20. The second kappa shape index (κ2) is 7.53. The van der Waals surface area contributed by atoms with E-state index in [4.69, 9.17) is 9.47 Å². The maximum Gasteiger partial charge on any atom is 0.236 e. The topological polar surface area (TPSA) is 47.5 Å². The lowest BCUT2D eigenvalue weighted by Gasteiger charge is -2.29. The van der Waals surface area contributed by atoms with Crippen molar-refractivity contribution in [3.8, 4) is 17.1 Å². The van der Waals surface area contributed by atoms with Crippen LogP contribution >= 0.6 is 0 Å². The monoisotopic (exact) mass is 313 g/mol. The minimum atomic E-state index is 0.0728. The summed E-state index contributed by atoms with van der Waals surface area (Å²) in [4.78, 5) is 2.36. The predicted octanol–water partition coefficient (Wildman–Crippen LogP) is 2.55. The molecule has 2 aromatic rings. The molecule has 0 N–H and O–H groups in total. The summed E-state index contributed by atoms with van der Waals surface area (Å²) in [5, 5.41) is 8.57. The van der Waals surface area contributed by atoms with E-state index in [0.29, 0.717) is 5.88 Å². The molecule has 1 aromatic carbocycles. The fraction of sp³-hybridized carbons (Fsp3) is 0.444. The average molecular weight is 313 g/mol. The van der Waals surface area contributed by atoms with Crippen LogP contribution < -0.4 is 4.74 Å². The SMILES string of the molecule is Cc1cc(-c2ccccc2)nnc1OC(C)CN1CCOCC1. The van der Waals surface area contributed by atoms with Crippen molar-refractivity contribution in [1.29, 1.82) is 0 Å². The molecule has 122 valence electrons. The molecular formula is C18H23N3O2. The van der Waals surface area contributed by atoms with Crippen LogP contribution in [-0.4, -0.2) is 54.0 Å². The molecule has 5 nitrogen and oxygen atoms in total. The van der Waals surface area contributed by atoms with Gasteiger partial charge in [0.25, 0.3) is 0 Å². The number of morpholine rings is 1. The smallest absolute Gasteiger partial charge is 0.236 e. The number of rotatable bonds is 5. The Labute approximate surface area is 137 Å². The van der Waals surface area contributed by atoms with Gasteiger partial charge in [0.2, 0.25) is 5.88 Å². The highest BCUT2D eigenvalue weighted by Gasteiger charge is 2.16. The highest BCUT2D eigenvalue weighted by atomic mass is 16.5. The zero-order valence-corrected chi connectivity index (χ0v) is 13.7. The Morgan fingerprint density at radius 2 is 1.91 bits per heavy atom. The summed E-state index contributed by atoms with van der Waals surface area (Å²) in [5.74, 6) is 0.616. The van der Waals surface area contributed by atoms with Crippen molar-refractivity contribution in [2.45, 2.75) is 20.0 Å². The molecule has 23 heavy (non-hydrogen) atoms. The molecule has 0 radical (unpaired) electrons. The number of hydrogen-bond acceptors (Lipinski definition) is 5. The third-order valence-electron chi connectivity index (χ3n) is 3.94. The number of hydrogen-bond donors (Lipinski definition) is 0. The van der Waals surface area contributed by atoms with Crippen LogP contribution in [0, 0.1) is 6.92 Å². The molecule has 0 saturated carbocycles. The van der Waals surface area contributed by atoms with Gasteiger partial charge >= 0.3 is 0 Å². The van der Waals surface area contributed by atoms with E-state index < -0.39 is 0 Å². The molecule has 0 spiro atoms. The summed E-state index contributed by atoms with van der Waals surface area (Å²) in [6.07, 6.45) is 0.0728. The van der Waals surface area contributed by atoms with Gasteiger partial charge in [-0.25, -0.2) is 0 Å². The van der Waals surface area contributed by atoms with Crippen LogP contribution in [0.4, 0.5) is 0 Å². The fourth-order valence-electron chi connectivity index (χ4n) is 2.72. The summed E-state index contributed by atoms with van der Waals surface area (Å²) in [6, 6.07) is 12.1. The number of nitrogens with zero attached hydrogens (tertiary/aromatic N) is 3. The van der Waals surface area contributed by atoms with Crippen molar-refractivity contribution in [3.63, 3.8) is 0 Å². The number of aryl methyl sites for hydroxylation is 1. The second-order valence-corrected chi connectivity index (χ2v) is 5.93. The Hall–Kier alpha value is -1.98. The van der Waals surface area contributed by atoms with Crippen molar-refractivity contribution in [2.75, 3.05) is 32.8 Å². The summed E-state index contributed by atoms with van der Waals surface area (Å²) in [7, 11) is 0. The molecule has 1 aromatic heterocycles. The van der Waals surface area contributed by atoms with Crippen LogP contribution in [0.25, 0.3) is 11.3 Å². The van der Waals surface area contributed by atoms with Gasteiger partial charge in [0.05, 0.1) is 18.9 Å². The minimum absolute atomic E-state index is 0.0728. The lowest BCUT2D eigenvalue weighted by atomic mass is 10.1. The van der Waals surface area contributed by atoms with Gasteiger partial charge in [-0.2, -0.15) is 0 Å². The van der Waals surface area contributed by atoms with Gasteiger partial charge in [-0.05, 0) is 19.9 Å². The standard InChI is InChI=1S/C18H23N3O2/c1-14-12-17(16-6-4-3-5-7-16)19-20-18(14)23-15(2)13-21-8-10-22-11-9-21/h3-7,12,15H,8-11,13H2,1-2H3. The Balaban J connectivity index is 1.64. The summed E-state index contributed by atoms with van der Waals surface area (Å²) in [6.45, 7) is 8.50. The highest BCUT2D eigenvalue weighted by Crippen LogP contribution is 2.22. The largest absolute Gasteiger partial charge is 0.472 e. The zero-order valence-electron chi connectivity index (χ0n) is 13.7. The quantitative estimate of drug-likeness (QED) is 0.849. The maximum absolute atomic E-state index is 5.98. The molecule has 3 rings (SSSR count). The van der Waals surface area contributed by atoms with Crippen LogP contribution in [0.1, 0.15) is 12.5 Å². The lowest BCUT2D eigenvalue weighted by molar-refractivity contribution is 0.0211. The third kappa shape index (κ3) is 4.27. The van der Waals surface area contributed by atoms with Gasteiger partial charge in [0, 0.05) is 30.8 Å². The average Bonchev–Trinajstić information content (AvgIpc) is 2.58. The molecule has 1 fully saturated rings. The van der Waals surface area contributed by atoms with E-state index in [1.807, 2.05) is 43.3 Å². The van der Waals surface area contributed by atoms with Gasteiger partial charge in [-0.3, -0.25) is 4.90 Å². The highest BCUT2D eigenvalue weighted by molar-refractivity contribution is 5.59. The van der Waals surface area contributed by atoms with Gasteiger partial charge in [0.15, 0.2) is 0 Å². The third-order valence-corrected chi connectivity index (χ3v) is 3.94. The molecule has 1 atom stereocenters.